The molecule has 0 aromatic heterocycles. The fraction of sp³-hybridized carbons (Fsp3) is 0.611. The third kappa shape index (κ3) is 5.65. The second-order valence-corrected chi connectivity index (χ2v) is 8.97. The Morgan fingerprint density at radius 2 is 1.89 bits per heavy atom. The maximum atomic E-state index is 12.2. The Morgan fingerprint density at radius 3 is 2.52 bits per heavy atom. The van der Waals surface area contributed by atoms with Crippen molar-refractivity contribution < 1.29 is 17.9 Å². The van der Waals surface area contributed by atoms with Crippen LogP contribution in [0.25, 0.3) is 0 Å². The average Bonchev–Trinajstić information content (AvgIpc) is 2.62. The predicted molar refractivity (Wildman–Crippen MR) is 103 cm³/mol. The number of urea groups is 1. The molecule has 0 radical (unpaired) electrons. The lowest BCUT2D eigenvalue weighted by Gasteiger charge is -2.44. The third-order valence-corrected chi connectivity index (χ3v) is 6.34. The highest BCUT2D eigenvalue weighted by Crippen LogP contribution is 2.18. The summed E-state index contributed by atoms with van der Waals surface area (Å²) >= 11 is 0. The fourth-order valence-electron chi connectivity index (χ4n) is 3.37. The van der Waals surface area contributed by atoms with Gasteiger partial charge in [0, 0.05) is 45.8 Å². The van der Waals surface area contributed by atoms with Crippen LogP contribution in [0, 0.1) is 0 Å². The first-order valence-corrected chi connectivity index (χ1v) is 11.1. The van der Waals surface area contributed by atoms with Crippen LogP contribution in [0.2, 0.25) is 0 Å². The smallest absolute Gasteiger partial charge is 0.317 e. The van der Waals surface area contributed by atoms with Gasteiger partial charge in [0.25, 0.3) is 0 Å². The molecule has 8 nitrogen and oxygen atoms in total. The minimum absolute atomic E-state index is 0.150. The van der Waals surface area contributed by atoms with Crippen LogP contribution < -0.4 is 5.32 Å². The van der Waals surface area contributed by atoms with Gasteiger partial charge >= 0.3 is 6.03 Å². The van der Waals surface area contributed by atoms with Crippen molar-refractivity contribution in [3.05, 3.63) is 35.9 Å². The van der Waals surface area contributed by atoms with Crippen LogP contribution in [-0.2, 0) is 21.3 Å². The van der Waals surface area contributed by atoms with Crippen LogP contribution in [0.5, 0.6) is 0 Å². The van der Waals surface area contributed by atoms with E-state index in [9.17, 15) is 13.2 Å². The second-order valence-electron chi connectivity index (χ2n) is 7.03. The van der Waals surface area contributed by atoms with Gasteiger partial charge in [-0.15, -0.1) is 0 Å². The van der Waals surface area contributed by atoms with Gasteiger partial charge < -0.3 is 15.0 Å². The van der Waals surface area contributed by atoms with Crippen molar-refractivity contribution in [2.45, 2.75) is 12.6 Å². The number of hydrogen-bond donors (Lipinski definition) is 1. The minimum atomic E-state index is -3.31. The molecular weight excluding hydrogens is 368 g/mol. The number of likely N-dealkylation sites (tertiary alicyclic amines) is 1. The largest absolute Gasteiger partial charge is 0.379 e. The van der Waals surface area contributed by atoms with E-state index in [1.165, 1.54) is 10.6 Å². The summed E-state index contributed by atoms with van der Waals surface area (Å²) in [6.07, 6.45) is 1.24. The number of morpholine rings is 1. The van der Waals surface area contributed by atoms with Gasteiger partial charge in [0.1, 0.15) is 0 Å². The summed E-state index contributed by atoms with van der Waals surface area (Å²) < 4.78 is 31.2. The zero-order valence-corrected chi connectivity index (χ0v) is 16.5. The van der Waals surface area contributed by atoms with Crippen LogP contribution in [0.3, 0.4) is 0 Å². The molecule has 2 fully saturated rings. The normalized spacial score (nSPS) is 19.1. The Labute approximate surface area is 161 Å². The van der Waals surface area contributed by atoms with E-state index in [1.807, 2.05) is 30.3 Å². The topological polar surface area (TPSA) is 82.2 Å². The lowest BCUT2D eigenvalue weighted by Crippen LogP contribution is -2.64. The lowest BCUT2D eigenvalue weighted by molar-refractivity contribution is 0.0314. The fourth-order valence-corrected chi connectivity index (χ4v) is 4.46. The van der Waals surface area contributed by atoms with Gasteiger partial charge in [0.05, 0.1) is 25.5 Å². The van der Waals surface area contributed by atoms with E-state index in [0.717, 1.165) is 18.7 Å². The van der Waals surface area contributed by atoms with Gasteiger partial charge in [0.15, 0.2) is 0 Å². The van der Waals surface area contributed by atoms with Crippen LogP contribution >= 0.6 is 0 Å². The van der Waals surface area contributed by atoms with Gasteiger partial charge in [-0.05, 0) is 5.56 Å². The van der Waals surface area contributed by atoms with Gasteiger partial charge in [-0.2, -0.15) is 4.31 Å². The van der Waals surface area contributed by atoms with E-state index in [-0.39, 0.29) is 12.1 Å². The average molecular weight is 397 g/mol. The van der Waals surface area contributed by atoms with Crippen LogP contribution in [-0.4, -0.2) is 93.3 Å². The van der Waals surface area contributed by atoms with Crippen molar-refractivity contribution in [3.63, 3.8) is 0 Å². The number of carbonyl (C=O) groups is 1. The van der Waals surface area contributed by atoms with Crippen molar-refractivity contribution >= 4 is 16.1 Å². The lowest BCUT2D eigenvalue weighted by atomic mass is 10.1. The van der Waals surface area contributed by atoms with Crippen molar-refractivity contribution in [2.24, 2.45) is 0 Å². The molecule has 2 heterocycles. The first-order chi connectivity index (χ1) is 12.9. The van der Waals surface area contributed by atoms with Crippen LogP contribution in [0.1, 0.15) is 5.56 Å². The highest BCUT2D eigenvalue weighted by Gasteiger charge is 2.38. The number of ether oxygens (including phenoxy) is 1. The standard InChI is InChI=1S/C18H28N4O4S/c1-27(24,25)22(8-7-20-9-11-26-12-10-20)17-14-21(15-17)18(23)19-13-16-5-3-2-4-6-16/h2-6,17H,7-15H2,1H3,(H,19,23). The highest BCUT2D eigenvalue weighted by atomic mass is 32.2. The number of nitrogens with one attached hydrogen (secondary N) is 1. The third-order valence-electron chi connectivity index (χ3n) is 5.01. The molecule has 0 spiro atoms. The van der Waals surface area contributed by atoms with Gasteiger partial charge in [-0.1, -0.05) is 30.3 Å². The number of sulfonamides is 1. The summed E-state index contributed by atoms with van der Waals surface area (Å²) in [5, 5.41) is 2.88. The summed E-state index contributed by atoms with van der Waals surface area (Å²) in [5.74, 6) is 0. The molecule has 2 aliphatic rings. The molecule has 3 rings (SSSR count). The molecule has 9 heteroatoms. The molecule has 1 aromatic rings. The molecular formula is C18H28N4O4S. The van der Waals surface area contributed by atoms with E-state index in [1.54, 1.807) is 4.90 Å². The quantitative estimate of drug-likeness (QED) is 0.711. The minimum Gasteiger partial charge on any atom is -0.379 e. The first kappa shape index (κ1) is 20.1. The zero-order chi connectivity index (χ0) is 19.3. The molecule has 2 saturated heterocycles. The maximum absolute atomic E-state index is 12.2. The van der Waals surface area contributed by atoms with Crippen molar-refractivity contribution in [2.75, 3.05) is 58.7 Å². The van der Waals surface area contributed by atoms with Crippen molar-refractivity contribution in [1.29, 1.82) is 0 Å². The summed E-state index contributed by atoms with van der Waals surface area (Å²) in [5.41, 5.74) is 1.03. The second kappa shape index (κ2) is 9.01. The molecule has 150 valence electrons. The maximum Gasteiger partial charge on any atom is 0.317 e. The van der Waals surface area contributed by atoms with Crippen LogP contribution in [0.15, 0.2) is 30.3 Å². The molecule has 0 unspecified atom stereocenters. The van der Waals surface area contributed by atoms with E-state index in [0.29, 0.717) is 45.9 Å². The molecule has 2 aliphatic heterocycles. The van der Waals surface area contributed by atoms with E-state index in [4.69, 9.17) is 4.74 Å². The summed E-state index contributed by atoms with van der Waals surface area (Å²) in [7, 11) is -3.31. The summed E-state index contributed by atoms with van der Waals surface area (Å²) in [6.45, 7) is 5.50. The molecule has 0 saturated carbocycles. The number of benzene rings is 1. The zero-order valence-electron chi connectivity index (χ0n) is 15.7. The number of rotatable bonds is 7. The summed E-state index contributed by atoms with van der Waals surface area (Å²) in [6, 6.07) is 9.40. The van der Waals surface area contributed by atoms with Crippen molar-refractivity contribution in [3.8, 4) is 0 Å². The van der Waals surface area contributed by atoms with E-state index >= 15 is 0 Å². The summed E-state index contributed by atoms with van der Waals surface area (Å²) in [4.78, 5) is 16.1. The van der Waals surface area contributed by atoms with Gasteiger partial charge in [0.2, 0.25) is 10.0 Å². The van der Waals surface area contributed by atoms with Gasteiger partial charge in [-0.25, -0.2) is 13.2 Å². The molecule has 1 N–H and O–H groups in total. The Hall–Kier alpha value is -1.68. The number of hydrogen-bond acceptors (Lipinski definition) is 5. The molecule has 0 atom stereocenters. The Morgan fingerprint density at radius 1 is 1.22 bits per heavy atom. The number of amides is 2. The number of nitrogens with zero attached hydrogens (tertiary/aromatic N) is 3. The van der Waals surface area contributed by atoms with Crippen molar-refractivity contribution in [1.82, 2.24) is 19.4 Å². The highest BCUT2D eigenvalue weighted by molar-refractivity contribution is 7.88. The van der Waals surface area contributed by atoms with E-state index in [2.05, 4.69) is 10.2 Å². The monoisotopic (exact) mass is 396 g/mol. The molecule has 0 aliphatic carbocycles. The number of carbonyl (C=O) groups excluding carboxylic acids is 1. The SMILES string of the molecule is CS(=O)(=O)N(CCN1CCOCC1)C1CN(C(=O)NCc2ccccc2)C1. The molecule has 2 amide bonds. The Kier molecular flexibility index (Phi) is 6.69. The molecule has 0 bridgehead atoms. The predicted octanol–water partition coefficient (Wildman–Crippen LogP) is 0.174. The molecule has 1 aromatic carbocycles. The Balaban J connectivity index is 1.46. The van der Waals surface area contributed by atoms with Crippen LogP contribution in [0.4, 0.5) is 4.79 Å². The Bertz CT molecular complexity index is 716. The molecule has 27 heavy (non-hydrogen) atoms. The van der Waals surface area contributed by atoms with E-state index < -0.39 is 10.0 Å². The van der Waals surface area contributed by atoms with Gasteiger partial charge in [-0.3, -0.25) is 4.90 Å². The first-order valence-electron chi connectivity index (χ1n) is 9.27.